The molecule has 1 aliphatic carbocycles. The molecule has 3 N–H and O–H groups in total. The molecule has 26 heavy (non-hydrogen) atoms. The summed E-state index contributed by atoms with van der Waals surface area (Å²) < 4.78 is 1.84. The number of hydrogen-bond donors (Lipinski definition) is 3. The minimum absolute atomic E-state index is 0.217. The van der Waals surface area contributed by atoms with Crippen LogP contribution >= 0.6 is 11.8 Å². The minimum atomic E-state index is -0.567. The Labute approximate surface area is 154 Å². The Morgan fingerprint density at radius 3 is 2.96 bits per heavy atom. The maximum absolute atomic E-state index is 12.3. The van der Waals surface area contributed by atoms with Gasteiger partial charge in [0.25, 0.3) is 5.56 Å². The first-order valence-corrected chi connectivity index (χ1v) is 9.82. The fourth-order valence-corrected chi connectivity index (χ4v) is 4.05. The van der Waals surface area contributed by atoms with Crippen LogP contribution < -0.4 is 16.2 Å². The van der Waals surface area contributed by atoms with Crippen molar-refractivity contribution < 1.29 is 4.79 Å². The first kappa shape index (κ1) is 17.1. The van der Waals surface area contributed by atoms with E-state index in [1.54, 1.807) is 13.1 Å². The number of anilines is 1. The minimum Gasteiger partial charge on any atom is -0.344 e. The average Bonchev–Trinajstić information content (AvgIpc) is 3.35. The van der Waals surface area contributed by atoms with Crippen LogP contribution in [0.25, 0.3) is 11.0 Å². The van der Waals surface area contributed by atoms with Gasteiger partial charge in [-0.3, -0.25) is 19.6 Å². The molecule has 2 aromatic heterocycles. The molecular formula is C16H21N7O2S. The maximum atomic E-state index is 12.3. The van der Waals surface area contributed by atoms with E-state index in [9.17, 15) is 9.59 Å². The first-order valence-electron chi connectivity index (χ1n) is 8.84. The molecule has 2 aliphatic rings. The van der Waals surface area contributed by atoms with Crippen LogP contribution in [0.2, 0.25) is 0 Å². The van der Waals surface area contributed by atoms with Gasteiger partial charge in [0.15, 0.2) is 10.8 Å². The van der Waals surface area contributed by atoms with E-state index in [-0.39, 0.29) is 23.5 Å². The Morgan fingerprint density at radius 2 is 2.23 bits per heavy atom. The summed E-state index contributed by atoms with van der Waals surface area (Å²) in [6.07, 6.45) is 5.99. The Bertz CT molecular complexity index is 913. The van der Waals surface area contributed by atoms with Crippen LogP contribution in [-0.4, -0.2) is 49.2 Å². The zero-order valence-electron chi connectivity index (χ0n) is 14.5. The van der Waals surface area contributed by atoms with Crippen LogP contribution in [0.5, 0.6) is 0 Å². The summed E-state index contributed by atoms with van der Waals surface area (Å²) in [5.74, 6) is 0.935. The lowest BCUT2D eigenvalue weighted by Crippen LogP contribution is -2.40. The number of aromatic amines is 1. The van der Waals surface area contributed by atoms with Gasteiger partial charge in [0.1, 0.15) is 11.4 Å². The number of fused-ring (bicyclic) bond motifs is 1. The van der Waals surface area contributed by atoms with Gasteiger partial charge in [-0.15, -0.1) is 0 Å². The number of H-pyrrole nitrogens is 1. The van der Waals surface area contributed by atoms with Crippen molar-refractivity contribution in [2.45, 2.75) is 44.7 Å². The van der Waals surface area contributed by atoms with Gasteiger partial charge in [0.2, 0.25) is 11.9 Å². The molecule has 1 saturated carbocycles. The molecule has 0 saturated heterocycles. The smallest absolute Gasteiger partial charge is 0.263 e. The molecule has 0 aromatic carbocycles. The molecule has 1 amide bonds. The molecule has 0 radical (unpaired) electrons. The summed E-state index contributed by atoms with van der Waals surface area (Å²) >= 11 is 1.52. The molecule has 0 unspecified atom stereocenters. The normalized spacial score (nSPS) is 18.9. The van der Waals surface area contributed by atoms with Crippen LogP contribution in [0.4, 0.5) is 5.95 Å². The summed E-state index contributed by atoms with van der Waals surface area (Å²) in [5.41, 5.74) is 0.302. The molecule has 0 bridgehead atoms. The molecule has 0 spiro atoms. The molecule has 9 nitrogen and oxygen atoms in total. The van der Waals surface area contributed by atoms with Crippen molar-refractivity contribution in [2.75, 3.05) is 17.6 Å². The molecule has 2 aromatic rings. The highest BCUT2D eigenvalue weighted by Crippen LogP contribution is 2.30. The standard InChI is InChI=1S/C16H21N7O2S/c1-9(13(24)22-16-17-6-7-26-16)19-15-20-12-11(14(25)21-15)8-18-23(12)10-4-2-3-5-10/h8-10H,2-7H2,1H3,(H,17,22,24)(H2,19,20,21,25)/t9-/m1/s1. The van der Waals surface area contributed by atoms with Crippen LogP contribution in [0.15, 0.2) is 16.0 Å². The first-order chi connectivity index (χ1) is 12.6. The summed E-state index contributed by atoms with van der Waals surface area (Å²) in [4.78, 5) is 36.0. The molecule has 4 rings (SSSR count). The number of amidine groups is 1. The van der Waals surface area contributed by atoms with Gasteiger partial charge in [0, 0.05) is 5.75 Å². The topological polar surface area (TPSA) is 117 Å². The summed E-state index contributed by atoms with van der Waals surface area (Å²) in [7, 11) is 0. The van der Waals surface area contributed by atoms with Crippen LogP contribution in [-0.2, 0) is 4.79 Å². The zero-order chi connectivity index (χ0) is 18.1. The van der Waals surface area contributed by atoms with Crippen molar-refractivity contribution in [3.8, 4) is 0 Å². The number of thioether (sulfide) groups is 1. The van der Waals surface area contributed by atoms with Gasteiger partial charge >= 0.3 is 0 Å². The third-order valence-electron chi connectivity index (χ3n) is 4.70. The van der Waals surface area contributed by atoms with Crippen molar-refractivity contribution in [1.82, 2.24) is 25.1 Å². The Kier molecular flexibility index (Phi) is 4.66. The van der Waals surface area contributed by atoms with E-state index < -0.39 is 6.04 Å². The van der Waals surface area contributed by atoms with E-state index in [0.29, 0.717) is 16.2 Å². The Morgan fingerprint density at radius 1 is 1.42 bits per heavy atom. The van der Waals surface area contributed by atoms with Gasteiger partial charge in [-0.1, -0.05) is 24.6 Å². The van der Waals surface area contributed by atoms with Crippen molar-refractivity contribution >= 4 is 39.8 Å². The van der Waals surface area contributed by atoms with Gasteiger partial charge in [0.05, 0.1) is 18.8 Å². The number of carbonyl (C=O) groups is 1. The summed E-state index contributed by atoms with van der Waals surface area (Å²) in [5, 5.41) is 11.2. The van der Waals surface area contributed by atoms with Crippen LogP contribution in [0.1, 0.15) is 38.6 Å². The van der Waals surface area contributed by atoms with E-state index >= 15 is 0 Å². The van der Waals surface area contributed by atoms with Crippen LogP contribution in [0, 0.1) is 0 Å². The number of rotatable bonds is 4. The highest BCUT2D eigenvalue weighted by Gasteiger charge is 2.22. The quantitative estimate of drug-likeness (QED) is 0.740. The van der Waals surface area contributed by atoms with E-state index in [4.69, 9.17) is 0 Å². The summed E-state index contributed by atoms with van der Waals surface area (Å²) in [6.45, 7) is 2.44. The van der Waals surface area contributed by atoms with E-state index in [2.05, 4.69) is 30.7 Å². The lowest BCUT2D eigenvalue weighted by atomic mass is 10.2. The van der Waals surface area contributed by atoms with Crippen molar-refractivity contribution in [3.05, 3.63) is 16.6 Å². The van der Waals surface area contributed by atoms with E-state index in [0.717, 1.165) is 25.1 Å². The van der Waals surface area contributed by atoms with Gasteiger partial charge in [-0.2, -0.15) is 10.1 Å². The number of aromatic nitrogens is 4. The van der Waals surface area contributed by atoms with Gasteiger partial charge < -0.3 is 10.6 Å². The predicted octanol–water partition coefficient (Wildman–Crippen LogP) is 1.25. The number of carbonyl (C=O) groups excluding carboxylic acids is 1. The second-order valence-corrected chi connectivity index (χ2v) is 7.65. The number of hydrogen-bond acceptors (Lipinski definition) is 7. The fourth-order valence-electron chi connectivity index (χ4n) is 3.32. The number of nitrogens with one attached hydrogen (secondary N) is 3. The lowest BCUT2D eigenvalue weighted by Gasteiger charge is -2.15. The second-order valence-electron chi connectivity index (χ2n) is 6.57. The van der Waals surface area contributed by atoms with Gasteiger partial charge in [-0.25, -0.2) is 4.68 Å². The third-order valence-corrected chi connectivity index (χ3v) is 5.59. The number of nitrogens with zero attached hydrogens (tertiary/aromatic N) is 4. The monoisotopic (exact) mass is 375 g/mol. The largest absolute Gasteiger partial charge is 0.344 e. The average molecular weight is 375 g/mol. The molecular weight excluding hydrogens is 354 g/mol. The summed E-state index contributed by atoms with van der Waals surface area (Å²) in [6, 6.07) is -0.282. The van der Waals surface area contributed by atoms with Crippen molar-refractivity contribution in [2.24, 2.45) is 4.99 Å². The van der Waals surface area contributed by atoms with Gasteiger partial charge in [-0.05, 0) is 19.8 Å². The molecule has 1 atom stereocenters. The second kappa shape index (κ2) is 7.10. The highest BCUT2D eigenvalue weighted by atomic mass is 32.2. The number of amides is 1. The maximum Gasteiger partial charge on any atom is 0.263 e. The van der Waals surface area contributed by atoms with Crippen molar-refractivity contribution in [1.29, 1.82) is 0 Å². The zero-order valence-corrected chi connectivity index (χ0v) is 15.3. The molecule has 1 fully saturated rings. The molecule has 3 heterocycles. The van der Waals surface area contributed by atoms with Crippen molar-refractivity contribution in [3.63, 3.8) is 0 Å². The third kappa shape index (κ3) is 3.33. The van der Waals surface area contributed by atoms with E-state index in [1.165, 1.54) is 24.6 Å². The highest BCUT2D eigenvalue weighted by molar-refractivity contribution is 8.14. The number of aliphatic imine (C=N–C) groups is 1. The van der Waals surface area contributed by atoms with Crippen LogP contribution in [0.3, 0.4) is 0 Å². The van der Waals surface area contributed by atoms with E-state index in [1.807, 2.05) is 4.68 Å². The predicted molar refractivity (Wildman–Crippen MR) is 102 cm³/mol. The lowest BCUT2D eigenvalue weighted by molar-refractivity contribution is -0.120. The Balaban J connectivity index is 1.55. The molecule has 10 heteroatoms. The fraction of sp³-hybridized carbons (Fsp3) is 0.562. The SMILES string of the molecule is C[C@@H](Nc1nc2c(cnn2C2CCCC2)c(=O)[nH]1)C(=O)NC1=NCCS1. The Hall–Kier alpha value is -2.36. The molecule has 1 aliphatic heterocycles. The molecule has 138 valence electrons.